The number of hydrogen-bond donors (Lipinski definition) is 1. The van der Waals surface area contributed by atoms with Crippen molar-refractivity contribution in [3.8, 4) is 22.6 Å². The van der Waals surface area contributed by atoms with Crippen LogP contribution in [0.4, 0.5) is 0 Å². The molecule has 0 aliphatic carbocycles. The van der Waals surface area contributed by atoms with E-state index in [9.17, 15) is 9.67 Å². The summed E-state index contributed by atoms with van der Waals surface area (Å²) in [7, 11) is -2.66. The second-order valence-electron chi connectivity index (χ2n) is 6.16. The van der Waals surface area contributed by atoms with E-state index >= 15 is 0 Å². The van der Waals surface area contributed by atoms with Crippen LogP contribution in [0.2, 0.25) is 0 Å². The molecular weight excluding hydrogens is 382 g/mol. The molecule has 0 aliphatic heterocycles. The van der Waals surface area contributed by atoms with Crippen LogP contribution in [-0.4, -0.2) is 41.3 Å². The van der Waals surface area contributed by atoms with E-state index in [2.05, 4.69) is 30.3 Å². The van der Waals surface area contributed by atoms with Gasteiger partial charge in [-0.3, -0.25) is 0 Å². The van der Waals surface area contributed by atoms with Gasteiger partial charge in [0.25, 0.3) is 0 Å². The first-order chi connectivity index (χ1) is 13.2. The van der Waals surface area contributed by atoms with Crippen molar-refractivity contribution in [2.75, 3.05) is 6.61 Å². The van der Waals surface area contributed by atoms with Gasteiger partial charge in [0.05, 0.1) is 6.61 Å². The average Bonchev–Trinajstić information content (AvgIpc) is 2.69. The zero-order valence-corrected chi connectivity index (χ0v) is 15.8. The zero-order valence-electron chi connectivity index (χ0n) is 14.8. The van der Waals surface area contributed by atoms with Gasteiger partial charge in [0.1, 0.15) is 0 Å². The van der Waals surface area contributed by atoms with Gasteiger partial charge in [-0.2, -0.15) is 0 Å². The van der Waals surface area contributed by atoms with Crippen molar-refractivity contribution in [3.05, 3.63) is 72.8 Å². The van der Waals surface area contributed by atoms with Crippen LogP contribution in [0.15, 0.2) is 72.8 Å². The summed E-state index contributed by atoms with van der Waals surface area (Å²) < 4.78 is 21.8. The average molecular weight is 402 g/mol. The van der Waals surface area contributed by atoms with Crippen LogP contribution in [0.3, 0.4) is 0 Å². The van der Waals surface area contributed by atoms with Gasteiger partial charge in [-0.05, 0) is 57.8 Å². The van der Waals surface area contributed by atoms with E-state index in [0.717, 1.165) is 27.3 Å². The van der Waals surface area contributed by atoms with Crippen LogP contribution < -0.4 is 4.52 Å². The predicted molar refractivity (Wildman–Crippen MR) is 117 cm³/mol. The first-order valence-electron chi connectivity index (χ1n) is 8.76. The number of aromatic hydroxyl groups is 1. The molecular formula is C22H20NaO4P. The van der Waals surface area contributed by atoms with Crippen molar-refractivity contribution in [2.45, 2.75) is 6.92 Å². The van der Waals surface area contributed by atoms with Crippen LogP contribution in [0, 0.1) is 0 Å². The second-order valence-corrected chi connectivity index (χ2v) is 7.15. The molecule has 4 rings (SSSR count). The van der Waals surface area contributed by atoms with Crippen LogP contribution in [0.25, 0.3) is 32.7 Å². The van der Waals surface area contributed by atoms with Crippen molar-refractivity contribution < 1.29 is 18.7 Å². The Hall–Kier alpha value is -1.81. The zero-order chi connectivity index (χ0) is 18.8. The van der Waals surface area contributed by atoms with E-state index in [1.165, 1.54) is 5.39 Å². The summed E-state index contributed by atoms with van der Waals surface area (Å²) in [5, 5.41) is 14.9. The molecule has 0 amide bonds. The molecule has 4 nitrogen and oxygen atoms in total. The van der Waals surface area contributed by atoms with Crippen LogP contribution in [-0.2, 0) is 9.09 Å². The van der Waals surface area contributed by atoms with Crippen molar-refractivity contribution in [3.63, 3.8) is 0 Å². The standard InChI is InChI=1S/C22H19O4P.Na.H/c1-2-25-27(24)26-22-12-11-16(14-21(22)23)20-13-15-7-3-4-8-17(15)18-9-5-6-10-19(18)20;;/h3-14,23,27H,2H2,1H3;;. The second kappa shape index (κ2) is 9.13. The SMILES string of the molecule is CCO[PH](=O)Oc1ccc(-c2cc3ccccc3c3ccccc23)cc1O.[NaH]. The monoisotopic (exact) mass is 402 g/mol. The molecule has 6 heteroatoms. The van der Waals surface area contributed by atoms with Gasteiger partial charge in [-0.25, -0.2) is 4.57 Å². The fraction of sp³-hybridized carbons (Fsp3) is 0.0909. The van der Waals surface area contributed by atoms with Gasteiger partial charge in [-0.1, -0.05) is 54.6 Å². The maximum absolute atomic E-state index is 11.7. The fourth-order valence-electron chi connectivity index (χ4n) is 3.30. The molecule has 0 aliphatic rings. The summed E-state index contributed by atoms with van der Waals surface area (Å²) >= 11 is 0. The van der Waals surface area contributed by atoms with Crippen molar-refractivity contribution in [1.82, 2.24) is 0 Å². The molecule has 4 aromatic carbocycles. The molecule has 1 unspecified atom stereocenters. The van der Waals surface area contributed by atoms with E-state index in [1.807, 2.05) is 30.3 Å². The predicted octanol–water partition coefficient (Wildman–Crippen LogP) is 5.52. The third kappa shape index (κ3) is 4.12. The molecule has 4 aromatic rings. The Bertz CT molecular complexity index is 1160. The van der Waals surface area contributed by atoms with Gasteiger partial charge < -0.3 is 14.2 Å². The minimum absolute atomic E-state index is 0. The number of fused-ring (bicyclic) bond motifs is 3. The van der Waals surface area contributed by atoms with Crippen molar-refractivity contribution in [1.29, 1.82) is 0 Å². The molecule has 0 aromatic heterocycles. The molecule has 0 radical (unpaired) electrons. The summed E-state index contributed by atoms with van der Waals surface area (Å²) in [6.07, 6.45) is 0. The molecule has 28 heavy (non-hydrogen) atoms. The Morgan fingerprint density at radius 1 is 0.893 bits per heavy atom. The molecule has 0 bridgehead atoms. The number of phenols is 1. The van der Waals surface area contributed by atoms with Crippen molar-refractivity contribution in [2.24, 2.45) is 0 Å². The van der Waals surface area contributed by atoms with Gasteiger partial charge >= 0.3 is 37.8 Å². The third-order valence-corrected chi connectivity index (χ3v) is 5.40. The Kier molecular flexibility index (Phi) is 6.82. The van der Waals surface area contributed by atoms with Gasteiger partial charge in [-0.15, -0.1) is 0 Å². The molecule has 1 N–H and O–H groups in total. The summed E-state index contributed by atoms with van der Waals surface area (Å²) in [4.78, 5) is 0. The van der Waals surface area contributed by atoms with Crippen LogP contribution in [0.5, 0.6) is 11.5 Å². The maximum atomic E-state index is 11.7. The quantitative estimate of drug-likeness (QED) is 0.271. The summed E-state index contributed by atoms with van der Waals surface area (Å²) in [5.41, 5.74) is 1.88. The number of phenolic OH excluding ortho intramolecular Hbond substituents is 1. The van der Waals surface area contributed by atoms with E-state index in [0.29, 0.717) is 6.61 Å². The number of hydrogen-bond acceptors (Lipinski definition) is 4. The van der Waals surface area contributed by atoms with Gasteiger partial charge in [0.2, 0.25) is 0 Å². The molecule has 0 fully saturated rings. The molecule has 138 valence electrons. The van der Waals surface area contributed by atoms with Crippen LogP contribution >= 0.6 is 8.25 Å². The minimum atomic E-state index is -2.66. The van der Waals surface area contributed by atoms with E-state index < -0.39 is 8.25 Å². The first kappa shape index (κ1) is 20.9. The number of rotatable bonds is 5. The summed E-state index contributed by atoms with van der Waals surface area (Å²) in [6, 6.07) is 23.7. The van der Waals surface area contributed by atoms with Crippen molar-refractivity contribution >= 4 is 59.4 Å². The van der Waals surface area contributed by atoms with E-state index in [1.54, 1.807) is 19.1 Å². The molecule has 0 saturated heterocycles. The van der Waals surface area contributed by atoms with Crippen LogP contribution in [0.1, 0.15) is 6.92 Å². The molecule has 0 spiro atoms. The first-order valence-corrected chi connectivity index (χ1v) is 9.98. The van der Waals surface area contributed by atoms with Gasteiger partial charge in [0.15, 0.2) is 11.5 Å². The summed E-state index contributed by atoms with van der Waals surface area (Å²) in [6.45, 7) is 2.03. The van der Waals surface area contributed by atoms with E-state index in [-0.39, 0.29) is 41.1 Å². The normalized spacial score (nSPS) is 11.9. The Balaban J connectivity index is 0.00000225. The topological polar surface area (TPSA) is 55.8 Å². The third-order valence-electron chi connectivity index (χ3n) is 4.49. The molecule has 0 saturated carbocycles. The summed E-state index contributed by atoms with van der Waals surface area (Å²) in [5.74, 6) is 0.0870. The Labute approximate surface area is 186 Å². The van der Waals surface area contributed by atoms with E-state index in [4.69, 9.17) is 9.05 Å². The fourth-order valence-corrected chi connectivity index (χ4v) is 3.95. The van der Waals surface area contributed by atoms with Gasteiger partial charge in [0, 0.05) is 0 Å². The number of benzene rings is 4. The molecule has 1 atom stereocenters. The Morgan fingerprint density at radius 3 is 2.29 bits per heavy atom. The Morgan fingerprint density at radius 2 is 1.57 bits per heavy atom. The molecule has 0 heterocycles.